The van der Waals surface area contributed by atoms with Gasteiger partial charge < -0.3 is 34.6 Å². The molecule has 3 N–H and O–H groups in total. The lowest BCUT2D eigenvalue weighted by Gasteiger charge is -2.63. The van der Waals surface area contributed by atoms with Crippen LogP contribution in [0.5, 0.6) is 0 Å². The van der Waals surface area contributed by atoms with Gasteiger partial charge in [-0.25, -0.2) is 4.79 Å². The number of nitrogens with zero attached hydrogens (tertiary/aromatic N) is 1. The summed E-state index contributed by atoms with van der Waals surface area (Å²) in [7, 11) is 0. The summed E-state index contributed by atoms with van der Waals surface area (Å²) in [5.41, 5.74) is -0.793. The van der Waals surface area contributed by atoms with Gasteiger partial charge in [0.25, 0.3) is 0 Å². The Morgan fingerprint density at radius 2 is 1.71 bits per heavy atom. The van der Waals surface area contributed by atoms with Crippen LogP contribution < -0.4 is 5.32 Å². The lowest BCUT2D eigenvalue weighted by Crippen LogP contribution is -2.60. The fraction of sp³-hybridized carbons (Fsp3) is 0.973. The maximum absolute atomic E-state index is 13.2. The van der Waals surface area contributed by atoms with Crippen molar-refractivity contribution in [3.05, 3.63) is 0 Å². The Bertz CT molecular complexity index is 1170. The number of ether oxygens (including phenoxy) is 3. The minimum absolute atomic E-state index is 0.00457. The number of aliphatic hydroxyl groups is 2. The van der Waals surface area contributed by atoms with Gasteiger partial charge in [0.1, 0.15) is 12.2 Å². The van der Waals surface area contributed by atoms with Crippen LogP contribution in [0.15, 0.2) is 0 Å². The maximum atomic E-state index is 13.2. The largest absolute Gasteiger partial charge is 0.446 e. The summed E-state index contributed by atoms with van der Waals surface area (Å²) in [6.45, 7) is 21.3. The van der Waals surface area contributed by atoms with Gasteiger partial charge in [0.15, 0.2) is 0 Å². The number of piperazine rings is 1. The number of carbonyl (C=O) groups is 1. The molecule has 2 heterocycles. The van der Waals surface area contributed by atoms with E-state index in [1.807, 2.05) is 25.7 Å². The number of aliphatic hydroxyl groups excluding tert-OH is 1. The zero-order valence-corrected chi connectivity index (χ0v) is 29.4. The van der Waals surface area contributed by atoms with Gasteiger partial charge in [-0.15, -0.1) is 0 Å². The fourth-order valence-corrected chi connectivity index (χ4v) is 13.7. The smallest absolute Gasteiger partial charge is 0.410 e. The molecular formula is C37H62N2O6. The molecule has 13 atom stereocenters. The van der Waals surface area contributed by atoms with Gasteiger partial charge in [-0.05, 0) is 112 Å². The summed E-state index contributed by atoms with van der Waals surface area (Å²) in [6.07, 6.45) is 7.19. The second kappa shape index (κ2) is 10.5. The summed E-state index contributed by atoms with van der Waals surface area (Å²) in [6, 6.07) is 0. The van der Waals surface area contributed by atoms with Crippen molar-refractivity contribution in [1.82, 2.24) is 10.2 Å². The van der Waals surface area contributed by atoms with Crippen LogP contribution in [0.25, 0.3) is 0 Å². The predicted octanol–water partition coefficient (Wildman–Crippen LogP) is 5.39. The van der Waals surface area contributed by atoms with Crippen molar-refractivity contribution in [3.63, 3.8) is 0 Å². The Labute approximate surface area is 271 Å². The van der Waals surface area contributed by atoms with E-state index in [0.29, 0.717) is 30.3 Å². The fourth-order valence-electron chi connectivity index (χ4n) is 13.7. The highest BCUT2D eigenvalue weighted by Gasteiger charge is 2.84. The molecule has 5 aliphatic carbocycles. The molecule has 8 heteroatoms. The summed E-state index contributed by atoms with van der Waals surface area (Å²) >= 11 is 0. The number of nitrogens with one attached hydrogen (secondary N) is 1. The number of rotatable bonds is 5. The van der Waals surface area contributed by atoms with Crippen LogP contribution >= 0.6 is 0 Å². The number of hydrogen-bond donors (Lipinski definition) is 3. The van der Waals surface area contributed by atoms with Crippen molar-refractivity contribution >= 4 is 6.09 Å². The molecule has 8 nitrogen and oxygen atoms in total. The number of carbonyl (C=O) groups excluding carboxylic acids is 1. The van der Waals surface area contributed by atoms with Crippen molar-refractivity contribution in [2.75, 3.05) is 32.8 Å². The summed E-state index contributed by atoms with van der Waals surface area (Å²) in [5.74, 6) is 1.66. The van der Waals surface area contributed by atoms with Crippen LogP contribution in [0.1, 0.15) is 107 Å². The van der Waals surface area contributed by atoms with Crippen molar-refractivity contribution in [2.24, 2.45) is 50.7 Å². The molecule has 0 aromatic carbocycles. The molecule has 7 fully saturated rings. The second-order valence-corrected chi connectivity index (χ2v) is 18.2. The zero-order valence-electron chi connectivity index (χ0n) is 29.4. The molecule has 0 aromatic heterocycles. The van der Waals surface area contributed by atoms with Gasteiger partial charge >= 0.3 is 6.09 Å². The zero-order chi connectivity index (χ0) is 32.4. The van der Waals surface area contributed by atoms with E-state index >= 15 is 0 Å². The Kier molecular flexibility index (Phi) is 7.63. The molecule has 2 saturated heterocycles. The number of amides is 1. The Balaban J connectivity index is 1.14. The lowest BCUT2D eigenvalue weighted by molar-refractivity contribution is -0.215. The number of fused-ring (bicyclic) bond motifs is 4. The molecule has 0 radical (unpaired) electrons. The van der Waals surface area contributed by atoms with E-state index in [2.05, 4.69) is 39.9 Å². The average molecular weight is 631 g/mol. The van der Waals surface area contributed by atoms with E-state index in [0.717, 1.165) is 64.7 Å². The standard InChI is InChI=1S/C37H62N2O6/c1-9-43-30(33(5,6)42)23-20-22(2)27-28(44-23)29(40)35(8)25-11-10-24-32(3,4)26(45-31(41)39-18-16-38-17-19-39)12-13-36(24)21-37(25,36)15-14-34(27,35)7/h22-30,38,40,42H,9-21H2,1-8H3/t22-,23-,24+,25+,26+,27+,28+,29+,30+,34-,35-,36-,37+/m1/s1. The molecular weight excluding hydrogens is 568 g/mol. The van der Waals surface area contributed by atoms with Crippen molar-refractivity contribution in [2.45, 2.75) is 143 Å². The highest BCUT2D eigenvalue weighted by molar-refractivity contribution is 5.68. The van der Waals surface area contributed by atoms with E-state index in [-0.39, 0.29) is 51.5 Å². The summed E-state index contributed by atoms with van der Waals surface area (Å²) in [4.78, 5) is 15.1. The Morgan fingerprint density at radius 1 is 1.04 bits per heavy atom. The van der Waals surface area contributed by atoms with Crippen LogP contribution in [-0.4, -0.2) is 90.1 Å². The van der Waals surface area contributed by atoms with Gasteiger partial charge in [-0.3, -0.25) is 0 Å². The molecule has 0 aromatic rings. The van der Waals surface area contributed by atoms with Gasteiger partial charge in [-0.2, -0.15) is 0 Å². The SMILES string of the molecule is CCO[C@@H]([C@H]1C[C@@H](C)[C@H]2[C@H](O1)[C@H](O)[C@@]1(C)[C@@H]3CC[C@H]4C(C)(C)[C@@H](OC(=O)N5CCNCC5)CC[C@@]45C[C@@]35CC[C@]21C)C(C)(C)O. The molecule has 7 aliphatic rings. The minimum Gasteiger partial charge on any atom is -0.446 e. The topological polar surface area (TPSA) is 100 Å². The van der Waals surface area contributed by atoms with E-state index in [4.69, 9.17) is 14.2 Å². The Hall–Kier alpha value is -0.930. The van der Waals surface area contributed by atoms with Crippen LogP contribution in [-0.2, 0) is 14.2 Å². The van der Waals surface area contributed by atoms with E-state index in [9.17, 15) is 15.0 Å². The van der Waals surface area contributed by atoms with E-state index < -0.39 is 17.8 Å². The van der Waals surface area contributed by atoms with E-state index in [1.165, 1.54) is 12.8 Å². The summed E-state index contributed by atoms with van der Waals surface area (Å²) in [5, 5.41) is 26.9. The van der Waals surface area contributed by atoms with Crippen LogP contribution in [0, 0.1) is 50.7 Å². The third-order valence-electron chi connectivity index (χ3n) is 15.8. The van der Waals surface area contributed by atoms with Crippen molar-refractivity contribution in [1.29, 1.82) is 0 Å². The highest BCUT2D eigenvalue weighted by atomic mass is 16.6. The average Bonchev–Trinajstić information content (AvgIpc) is 3.61. The molecule has 1 amide bonds. The first-order valence-electron chi connectivity index (χ1n) is 18.4. The monoisotopic (exact) mass is 630 g/mol. The quantitative estimate of drug-likeness (QED) is 0.375. The minimum atomic E-state index is -1.02. The van der Waals surface area contributed by atoms with Crippen molar-refractivity contribution < 1.29 is 29.2 Å². The second-order valence-electron chi connectivity index (χ2n) is 18.2. The van der Waals surface area contributed by atoms with Crippen LogP contribution in [0.3, 0.4) is 0 Å². The van der Waals surface area contributed by atoms with Gasteiger partial charge in [0.05, 0.1) is 23.9 Å². The molecule has 256 valence electrons. The van der Waals surface area contributed by atoms with E-state index in [1.54, 1.807) is 0 Å². The maximum Gasteiger partial charge on any atom is 0.410 e. The Morgan fingerprint density at radius 3 is 2.38 bits per heavy atom. The number of hydrogen-bond acceptors (Lipinski definition) is 7. The van der Waals surface area contributed by atoms with Gasteiger partial charge in [0, 0.05) is 43.6 Å². The van der Waals surface area contributed by atoms with Gasteiger partial charge in [-0.1, -0.05) is 34.6 Å². The first-order valence-corrected chi connectivity index (χ1v) is 18.4. The molecule has 0 bridgehead atoms. The normalized spacial score (nSPS) is 50.8. The van der Waals surface area contributed by atoms with Crippen LogP contribution in [0.4, 0.5) is 4.79 Å². The third-order valence-corrected chi connectivity index (χ3v) is 15.8. The third kappa shape index (κ3) is 4.29. The highest BCUT2D eigenvalue weighted by Crippen LogP contribution is 2.89. The first-order chi connectivity index (χ1) is 21.1. The molecule has 5 saturated carbocycles. The first kappa shape index (κ1) is 32.6. The van der Waals surface area contributed by atoms with Gasteiger partial charge in [0.2, 0.25) is 0 Å². The van der Waals surface area contributed by atoms with Crippen molar-refractivity contribution in [3.8, 4) is 0 Å². The molecule has 2 aliphatic heterocycles. The molecule has 7 rings (SSSR count). The molecule has 2 spiro atoms. The van der Waals surface area contributed by atoms with Crippen LogP contribution in [0.2, 0.25) is 0 Å². The lowest BCUT2D eigenvalue weighted by atomic mass is 9.41. The molecule has 0 unspecified atom stereocenters. The predicted molar refractivity (Wildman–Crippen MR) is 173 cm³/mol. The summed E-state index contributed by atoms with van der Waals surface area (Å²) < 4.78 is 19.4. The molecule has 45 heavy (non-hydrogen) atoms.